The maximum absolute atomic E-state index is 11.6. The minimum atomic E-state index is -0.437. The molecule has 3 heterocycles. The number of morpholine rings is 1. The second kappa shape index (κ2) is 5.35. The zero-order valence-corrected chi connectivity index (χ0v) is 12.1. The van der Waals surface area contributed by atoms with Gasteiger partial charge in [-0.15, -0.1) is 0 Å². The third-order valence-corrected chi connectivity index (χ3v) is 3.69. The molecule has 0 unspecified atom stereocenters. The number of ether oxygens (including phenoxy) is 1. The van der Waals surface area contributed by atoms with E-state index in [1.54, 1.807) is 16.8 Å². The Morgan fingerprint density at radius 1 is 1.45 bits per heavy atom. The van der Waals surface area contributed by atoms with Gasteiger partial charge in [0.15, 0.2) is 11.5 Å². The summed E-state index contributed by atoms with van der Waals surface area (Å²) in [5.41, 5.74) is 2.93. The maximum Gasteiger partial charge on any atom is 0.285 e. The number of carbonyl (C=O) groups is 1. The van der Waals surface area contributed by atoms with Crippen LogP contribution in [-0.4, -0.2) is 46.6 Å². The van der Waals surface area contributed by atoms with Gasteiger partial charge in [0.2, 0.25) is 0 Å². The summed E-state index contributed by atoms with van der Waals surface area (Å²) in [5, 5.41) is 0. The van der Waals surface area contributed by atoms with E-state index in [2.05, 4.69) is 36.2 Å². The van der Waals surface area contributed by atoms with Gasteiger partial charge >= 0.3 is 0 Å². The van der Waals surface area contributed by atoms with Crippen LogP contribution in [0.4, 0.5) is 5.82 Å². The molecular weight excluding hydrogens is 328 g/mol. The third kappa shape index (κ3) is 2.23. The Balaban J connectivity index is 2.10. The molecule has 0 spiro atoms. The van der Waals surface area contributed by atoms with Crippen molar-refractivity contribution in [3.05, 3.63) is 22.7 Å². The lowest BCUT2D eigenvalue weighted by molar-refractivity contribution is 0.0949. The number of carbonyl (C=O) groups excluding carboxylic acids is 1. The number of rotatable bonds is 2. The van der Waals surface area contributed by atoms with Crippen LogP contribution in [0.15, 0.2) is 17.0 Å². The molecule has 3 rings (SSSR count). The van der Waals surface area contributed by atoms with Gasteiger partial charge in [-0.3, -0.25) is 14.6 Å². The fourth-order valence-electron chi connectivity index (χ4n) is 2.12. The van der Waals surface area contributed by atoms with Crippen molar-refractivity contribution in [1.29, 1.82) is 0 Å². The Bertz CT molecular complexity index is 652. The van der Waals surface area contributed by atoms with Gasteiger partial charge < -0.3 is 9.64 Å². The molecule has 0 saturated carbocycles. The topological polar surface area (TPSA) is 97.8 Å². The van der Waals surface area contributed by atoms with E-state index < -0.39 is 5.91 Å². The first-order chi connectivity index (χ1) is 9.70. The van der Waals surface area contributed by atoms with Crippen molar-refractivity contribution >= 4 is 33.3 Å². The second-order valence-corrected chi connectivity index (χ2v) is 5.11. The van der Waals surface area contributed by atoms with Gasteiger partial charge in [-0.2, -0.15) is 0 Å². The van der Waals surface area contributed by atoms with Crippen LogP contribution in [0.5, 0.6) is 0 Å². The number of halogens is 1. The standard InChI is InChI=1S/C11H13BrN6O2/c12-8-5-14-9(17-1-3-20-4-2-17)10-15-7(6-18(8)10)11(19)16-13/h5-6H,1-4,13H2,(H,16,19). The minimum Gasteiger partial charge on any atom is -0.378 e. The first-order valence-corrected chi connectivity index (χ1v) is 6.87. The predicted molar refractivity (Wildman–Crippen MR) is 75.4 cm³/mol. The van der Waals surface area contributed by atoms with Crippen LogP contribution in [-0.2, 0) is 4.74 Å². The highest BCUT2D eigenvalue weighted by Gasteiger charge is 2.20. The molecule has 1 amide bonds. The van der Waals surface area contributed by atoms with E-state index in [9.17, 15) is 4.79 Å². The number of aromatic nitrogens is 3. The number of hydrogen-bond acceptors (Lipinski definition) is 6. The summed E-state index contributed by atoms with van der Waals surface area (Å²) in [6.07, 6.45) is 3.30. The van der Waals surface area contributed by atoms with E-state index in [-0.39, 0.29) is 5.69 Å². The van der Waals surface area contributed by atoms with E-state index in [4.69, 9.17) is 10.6 Å². The summed E-state index contributed by atoms with van der Waals surface area (Å²) in [6, 6.07) is 0. The highest BCUT2D eigenvalue weighted by atomic mass is 79.9. The van der Waals surface area contributed by atoms with Gasteiger partial charge in [0.25, 0.3) is 5.91 Å². The summed E-state index contributed by atoms with van der Waals surface area (Å²) < 4.78 is 7.81. The smallest absolute Gasteiger partial charge is 0.285 e. The molecular formula is C11H13BrN6O2. The fraction of sp³-hybridized carbons (Fsp3) is 0.364. The number of nitrogens with two attached hydrogens (primary N) is 1. The molecule has 20 heavy (non-hydrogen) atoms. The molecule has 1 fully saturated rings. The minimum absolute atomic E-state index is 0.246. The van der Waals surface area contributed by atoms with E-state index in [1.165, 1.54) is 0 Å². The average molecular weight is 341 g/mol. The van der Waals surface area contributed by atoms with Crippen molar-refractivity contribution in [3.8, 4) is 0 Å². The predicted octanol–water partition coefficient (Wildman–Crippen LogP) is -0.0681. The van der Waals surface area contributed by atoms with Gasteiger partial charge in [0.05, 0.1) is 19.4 Å². The molecule has 1 saturated heterocycles. The average Bonchev–Trinajstić information content (AvgIpc) is 2.94. The quantitative estimate of drug-likeness (QED) is 0.451. The van der Waals surface area contributed by atoms with Gasteiger partial charge in [-0.25, -0.2) is 15.8 Å². The number of nitrogens with zero attached hydrogens (tertiary/aromatic N) is 4. The van der Waals surface area contributed by atoms with Gasteiger partial charge in [0.1, 0.15) is 10.3 Å². The zero-order chi connectivity index (χ0) is 14.1. The van der Waals surface area contributed by atoms with Gasteiger partial charge in [-0.1, -0.05) is 0 Å². The van der Waals surface area contributed by atoms with Crippen molar-refractivity contribution in [3.63, 3.8) is 0 Å². The molecule has 1 aliphatic rings. The molecule has 0 radical (unpaired) electrons. The van der Waals surface area contributed by atoms with Crippen LogP contribution in [0.25, 0.3) is 5.65 Å². The van der Waals surface area contributed by atoms with Gasteiger partial charge in [-0.05, 0) is 15.9 Å². The molecule has 2 aromatic rings. The Labute approximate surface area is 123 Å². The van der Waals surface area contributed by atoms with Gasteiger partial charge in [0, 0.05) is 19.3 Å². The number of anilines is 1. The van der Waals surface area contributed by atoms with Crippen molar-refractivity contribution in [2.75, 3.05) is 31.2 Å². The number of hydrazine groups is 1. The number of fused-ring (bicyclic) bond motifs is 1. The molecule has 2 aromatic heterocycles. The zero-order valence-electron chi connectivity index (χ0n) is 10.5. The van der Waals surface area contributed by atoms with Crippen LogP contribution in [0.2, 0.25) is 0 Å². The molecule has 8 nitrogen and oxygen atoms in total. The van der Waals surface area contributed by atoms with Crippen molar-refractivity contribution in [1.82, 2.24) is 19.8 Å². The number of amides is 1. The number of nitrogens with one attached hydrogen (secondary N) is 1. The first kappa shape index (κ1) is 13.3. The molecule has 106 valence electrons. The van der Waals surface area contributed by atoms with Crippen molar-refractivity contribution in [2.24, 2.45) is 5.84 Å². The molecule has 0 aromatic carbocycles. The van der Waals surface area contributed by atoms with E-state index in [0.717, 1.165) is 18.9 Å². The Kier molecular flexibility index (Phi) is 3.55. The molecule has 1 aliphatic heterocycles. The number of nitrogen functional groups attached to an aromatic ring is 1. The highest BCUT2D eigenvalue weighted by Crippen LogP contribution is 2.23. The lowest BCUT2D eigenvalue weighted by Crippen LogP contribution is -2.37. The Morgan fingerprint density at radius 3 is 2.90 bits per heavy atom. The molecule has 0 atom stereocenters. The molecule has 9 heteroatoms. The Morgan fingerprint density at radius 2 is 2.20 bits per heavy atom. The third-order valence-electron chi connectivity index (χ3n) is 3.10. The number of imidazole rings is 1. The van der Waals surface area contributed by atoms with Crippen LogP contribution >= 0.6 is 15.9 Å². The second-order valence-electron chi connectivity index (χ2n) is 4.30. The largest absolute Gasteiger partial charge is 0.378 e. The monoisotopic (exact) mass is 340 g/mol. The van der Waals surface area contributed by atoms with Crippen LogP contribution < -0.4 is 16.2 Å². The maximum atomic E-state index is 11.6. The first-order valence-electron chi connectivity index (χ1n) is 6.08. The summed E-state index contributed by atoms with van der Waals surface area (Å²) >= 11 is 3.39. The lowest BCUT2D eigenvalue weighted by atomic mass is 10.4. The van der Waals surface area contributed by atoms with Crippen molar-refractivity contribution < 1.29 is 9.53 Å². The van der Waals surface area contributed by atoms with E-state index in [0.29, 0.717) is 23.5 Å². The molecule has 0 bridgehead atoms. The van der Waals surface area contributed by atoms with Crippen LogP contribution in [0.3, 0.4) is 0 Å². The SMILES string of the molecule is NNC(=O)c1cn2c(Br)cnc(N3CCOCC3)c2n1. The number of hydrogen-bond donors (Lipinski definition) is 2. The fourth-order valence-corrected chi connectivity index (χ4v) is 2.49. The van der Waals surface area contributed by atoms with E-state index in [1.807, 2.05) is 0 Å². The van der Waals surface area contributed by atoms with Crippen molar-refractivity contribution in [2.45, 2.75) is 0 Å². The van der Waals surface area contributed by atoms with Crippen LogP contribution in [0.1, 0.15) is 10.5 Å². The molecule has 3 N–H and O–H groups in total. The summed E-state index contributed by atoms with van der Waals surface area (Å²) in [4.78, 5) is 22.4. The Hall–Kier alpha value is -1.71. The normalized spacial score (nSPS) is 15.6. The summed E-state index contributed by atoms with van der Waals surface area (Å²) in [7, 11) is 0. The summed E-state index contributed by atoms with van der Waals surface area (Å²) in [6.45, 7) is 2.80. The van der Waals surface area contributed by atoms with Crippen LogP contribution in [0, 0.1) is 0 Å². The highest BCUT2D eigenvalue weighted by molar-refractivity contribution is 9.10. The summed E-state index contributed by atoms with van der Waals surface area (Å²) in [5.74, 6) is 5.43. The molecule has 0 aliphatic carbocycles. The van der Waals surface area contributed by atoms with E-state index >= 15 is 0 Å². The lowest BCUT2D eigenvalue weighted by Gasteiger charge is -2.27.